The minimum Gasteiger partial charge on any atom is -0.496 e. The minimum absolute atomic E-state index is 0.0198. The van der Waals surface area contributed by atoms with Crippen molar-refractivity contribution in [1.82, 2.24) is 14.8 Å². The van der Waals surface area contributed by atoms with Crippen LogP contribution < -0.4 is 4.74 Å². The van der Waals surface area contributed by atoms with Crippen LogP contribution in [0.2, 0.25) is 0 Å². The van der Waals surface area contributed by atoms with E-state index < -0.39 is 0 Å². The first kappa shape index (κ1) is 20.0. The number of fused-ring (bicyclic) bond motifs is 1. The number of hydrogen-bond donors (Lipinski definition) is 1. The molecule has 1 N–H and O–H groups in total. The lowest BCUT2D eigenvalue weighted by Crippen LogP contribution is -2.40. The Bertz CT molecular complexity index is 696. The molecular weight excluding hydrogens is 346 g/mol. The molecule has 27 heavy (non-hydrogen) atoms. The van der Waals surface area contributed by atoms with Crippen LogP contribution in [0.5, 0.6) is 5.75 Å². The van der Waals surface area contributed by atoms with Crippen LogP contribution in [0.4, 0.5) is 0 Å². The first-order chi connectivity index (χ1) is 12.9. The molecule has 150 valence electrons. The van der Waals surface area contributed by atoms with E-state index in [2.05, 4.69) is 9.88 Å². The van der Waals surface area contributed by atoms with Crippen molar-refractivity contribution in [3.05, 3.63) is 23.0 Å². The Hall–Kier alpha value is -1.70. The number of likely N-dealkylation sites (tertiary alicyclic amines) is 2. The summed E-state index contributed by atoms with van der Waals surface area (Å²) < 4.78 is 10.8. The summed E-state index contributed by atoms with van der Waals surface area (Å²) in [6.07, 6.45) is 1.86. The molecule has 1 amide bonds. The second-order valence-electron chi connectivity index (χ2n) is 7.84. The first-order valence-corrected chi connectivity index (χ1v) is 9.62. The third-order valence-corrected chi connectivity index (χ3v) is 6.05. The number of aromatic nitrogens is 1. The highest BCUT2D eigenvalue weighted by atomic mass is 16.5. The fourth-order valence-electron chi connectivity index (χ4n) is 4.55. The molecule has 0 radical (unpaired) electrons. The zero-order valence-electron chi connectivity index (χ0n) is 16.8. The molecule has 3 rings (SSSR count). The smallest absolute Gasteiger partial charge is 0.248 e. The molecule has 0 aliphatic carbocycles. The molecule has 7 nitrogen and oxygen atoms in total. The van der Waals surface area contributed by atoms with Gasteiger partial charge in [-0.1, -0.05) is 0 Å². The topological polar surface area (TPSA) is 75.1 Å². The molecule has 3 heterocycles. The average Bonchev–Trinajstić information content (AvgIpc) is 3.16. The second-order valence-corrected chi connectivity index (χ2v) is 7.84. The molecule has 2 saturated heterocycles. The predicted octanol–water partition coefficient (Wildman–Crippen LogP) is 0.996. The van der Waals surface area contributed by atoms with Crippen molar-refractivity contribution >= 4 is 5.91 Å². The summed E-state index contributed by atoms with van der Waals surface area (Å²) in [7, 11) is 1.69. The monoisotopic (exact) mass is 377 g/mol. The van der Waals surface area contributed by atoms with Gasteiger partial charge in [0, 0.05) is 62.1 Å². The lowest BCUT2D eigenvalue weighted by molar-refractivity contribution is -0.135. The van der Waals surface area contributed by atoms with E-state index in [4.69, 9.17) is 9.47 Å². The molecule has 0 unspecified atom stereocenters. The zero-order chi connectivity index (χ0) is 19.6. The maximum Gasteiger partial charge on any atom is 0.248 e. The number of aliphatic hydroxyl groups is 1. The van der Waals surface area contributed by atoms with E-state index in [9.17, 15) is 9.90 Å². The SMILES string of the molecule is CCOCC(=O)N1C[C@@H]2CN(Cc3ncc(C)c(OC)c3C)C[C@]2(CO)C1. The van der Waals surface area contributed by atoms with Gasteiger partial charge in [-0.05, 0) is 26.7 Å². The van der Waals surface area contributed by atoms with Gasteiger partial charge in [-0.2, -0.15) is 0 Å². The number of methoxy groups -OCH3 is 1. The number of aryl methyl sites for hydroxylation is 1. The molecule has 2 aliphatic rings. The molecule has 2 fully saturated rings. The fraction of sp³-hybridized carbons (Fsp3) is 0.700. The van der Waals surface area contributed by atoms with Crippen LogP contribution in [-0.4, -0.2) is 78.9 Å². The molecule has 1 aromatic heterocycles. The van der Waals surface area contributed by atoms with Crippen molar-refractivity contribution in [2.24, 2.45) is 11.3 Å². The summed E-state index contributed by atoms with van der Waals surface area (Å²) in [5, 5.41) is 10.1. The van der Waals surface area contributed by atoms with Gasteiger partial charge >= 0.3 is 0 Å². The summed E-state index contributed by atoms with van der Waals surface area (Å²) >= 11 is 0. The third kappa shape index (κ3) is 3.81. The van der Waals surface area contributed by atoms with E-state index >= 15 is 0 Å². The number of carbonyl (C=O) groups excluding carboxylic acids is 1. The lowest BCUT2D eigenvalue weighted by atomic mass is 9.82. The third-order valence-electron chi connectivity index (χ3n) is 6.05. The molecule has 0 spiro atoms. The van der Waals surface area contributed by atoms with Crippen LogP contribution in [0.25, 0.3) is 0 Å². The Balaban J connectivity index is 1.68. The molecule has 1 aromatic rings. The van der Waals surface area contributed by atoms with Crippen molar-refractivity contribution in [2.45, 2.75) is 27.3 Å². The van der Waals surface area contributed by atoms with Crippen LogP contribution in [0.3, 0.4) is 0 Å². The lowest BCUT2D eigenvalue weighted by Gasteiger charge is -2.27. The highest BCUT2D eigenvalue weighted by Crippen LogP contribution is 2.42. The van der Waals surface area contributed by atoms with Crippen molar-refractivity contribution in [2.75, 3.05) is 53.1 Å². The summed E-state index contributed by atoms with van der Waals surface area (Å²) in [5.41, 5.74) is 2.87. The van der Waals surface area contributed by atoms with Gasteiger partial charge in [-0.25, -0.2) is 0 Å². The van der Waals surface area contributed by atoms with E-state index in [0.717, 1.165) is 42.2 Å². The van der Waals surface area contributed by atoms with Gasteiger partial charge < -0.3 is 19.5 Å². The van der Waals surface area contributed by atoms with Crippen LogP contribution in [0, 0.1) is 25.2 Å². The van der Waals surface area contributed by atoms with Crippen LogP contribution in [-0.2, 0) is 16.1 Å². The minimum atomic E-state index is -0.245. The number of aliphatic hydroxyl groups excluding tert-OH is 1. The molecule has 0 saturated carbocycles. The first-order valence-electron chi connectivity index (χ1n) is 9.62. The Morgan fingerprint density at radius 1 is 1.37 bits per heavy atom. The molecule has 7 heteroatoms. The van der Waals surface area contributed by atoms with Gasteiger partial charge in [0.2, 0.25) is 5.91 Å². The van der Waals surface area contributed by atoms with Gasteiger partial charge in [-0.15, -0.1) is 0 Å². The number of carbonyl (C=O) groups is 1. The molecular formula is C20H31N3O4. The largest absolute Gasteiger partial charge is 0.496 e. The quantitative estimate of drug-likeness (QED) is 0.764. The van der Waals surface area contributed by atoms with Gasteiger partial charge in [-0.3, -0.25) is 14.7 Å². The van der Waals surface area contributed by atoms with Gasteiger partial charge in [0.25, 0.3) is 0 Å². The Kier molecular flexibility index (Phi) is 6.03. The Morgan fingerprint density at radius 3 is 2.78 bits per heavy atom. The van der Waals surface area contributed by atoms with E-state index in [-0.39, 0.29) is 30.5 Å². The molecule has 0 aromatic carbocycles. The molecule has 2 atom stereocenters. The number of rotatable bonds is 7. The number of ether oxygens (including phenoxy) is 2. The summed E-state index contributed by atoms with van der Waals surface area (Å²) in [4.78, 5) is 21.1. The Morgan fingerprint density at radius 2 is 2.15 bits per heavy atom. The molecule has 0 bridgehead atoms. The van der Waals surface area contributed by atoms with Crippen molar-refractivity contribution in [1.29, 1.82) is 0 Å². The highest BCUT2D eigenvalue weighted by molar-refractivity contribution is 5.78. The maximum absolute atomic E-state index is 12.3. The standard InChI is InChI=1S/C20H31N3O4/c1-5-27-10-18(25)23-8-16-7-22(11-20(16,12-23)13-24)9-17-15(3)19(26-4)14(2)6-21-17/h6,16,24H,5,7-13H2,1-4H3/t16-,20+/m0/s1. The highest BCUT2D eigenvalue weighted by Gasteiger charge is 2.53. The van der Waals surface area contributed by atoms with Gasteiger partial charge in [0.1, 0.15) is 12.4 Å². The van der Waals surface area contributed by atoms with Gasteiger partial charge in [0.15, 0.2) is 0 Å². The van der Waals surface area contributed by atoms with E-state index in [0.29, 0.717) is 19.7 Å². The maximum atomic E-state index is 12.3. The normalized spacial score (nSPS) is 25.1. The van der Waals surface area contributed by atoms with Crippen LogP contribution in [0.1, 0.15) is 23.7 Å². The zero-order valence-corrected chi connectivity index (χ0v) is 16.8. The second kappa shape index (κ2) is 8.12. The van der Waals surface area contributed by atoms with E-state index in [1.165, 1.54) is 0 Å². The number of amides is 1. The van der Waals surface area contributed by atoms with Gasteiger partial charge in [0.05, 0.1) is 19.4 Å². The summed E-state index contributed by atoms with van der Waals surface area (Å²) in [6.45, 7) is 10.3. The summed E-state index contributed by atoms with van der Waals surface area (Å²) in [6, 6.07) is 0. The predicted molar refractivity (Wildman–Crippen MR) is 102 cm³/mol. The average molecular weight is 377 g/mol. The molecule has 2 aliphatic heterocycles. The van der Waals surface area contributed by atoms with E-state index in [1.807, 2.05) is 31.9 Å². The number of hydrogen-bond acceptors (Lipinski definition) is 6. The van der Waals surface area contributed by atoms with E-state index in [1.54, 1.807) is 7.11 Å². The summed E-state index contributed by atoms with van der Waals surface area (Å²) in [5.74, 6) is 1.19. The Labute approximate surface area is 161 Å². The van der Waals surface area contributed by atoms with Crippen LogP contribution in [0.15, 0.2) is 6.20 Å². The van der Waals surface area contributed by atoms with Crippen molar-refractivity contribution in [3.8, 4) is 5.75 Å². The fourth-order valence-corrected chi connectivity index (χ4v) is 4.55. The van der Waals surface area contributed by atoms with Crippen molar-refractivity contribution < 1.29 is 19.4 Å². The number of pyridine rings is 1. The van der Waals surface area contributed by atoms with Crippen LogP contribution >= 0.6 is 0 Å². The van der Waals surface area contributed by atoms with Crippen molar-refractivity contribution in [3.63, 3.8) is 0 Å². The number of nitrogens with zero attached hydrogens (tertiary/aromatic N) is 3.